The van der Waals surface area contributed by atoms with E-state index in [9.17, 15) is 9.59 Å². The highest BCUT2D eigenvalue weighted by Gasteiger charge is 2.55. The first-order valence-corrected chi connectivity index (χ1v) is 9.24. The topological polar surface area (TPSA) is 68.4 Å². The number of carbonyl (C=O) groups is 2. The van der Waals surface area contributed by atoms with Crippen LogP contribution in [0.1, 0.15) is 27.7 Å². The molecule has 2 aliphatic rings. The van der Waals surface area contributed by atoms with Crippen LogP contribution in [0, 0.1) is 0 Å². The molecule has 0 radical (unpaired) electrons. The lowest BCUT2D eigenvalue weighted by Crippen LogP contribution is -2.38. The van der Waals surface area contributed by atoms with E-state index in [0.29, 0.717) is 6.61 Å². The molecule has 1 aromatic rings. The Morgan fingerprint density at radius 3 is 2.68 bits per heavy atom. The minimum absolute atomic E-state index is 0.0750. The highest BCUT2D eigenvalue weighted by molar-refractivity contribution is 8.00. The van der Waals surface area contributed by atoms with Crippen molar-refractivity contribution < 1.29 is 23.8 Å². The van der Waals surface area contributed by atoms with Gasteiger partial charge in [-0.15, -0.1) is 11.8 Å². The highest BCUT2D eigenvalue weighted by atomic mass is 32.2. The van der Waals surface area contributed by atoms with E-state index in [1.807, 2.05) is 49.9 Å². The molecule has 0 amide bonds. The Hall–Kier alpha value is -1.73. The molecule has 1 saturated heterocycles. The number of carbonyl (C=O) groups excluding carboxylic acids is 2. The van der Waals surface area contributed by atoms with Gasteiger partial charge < -0.3 is 19.1 Å². The molecule has 3 atom stereocenters. The number of nitrogens with zero attached hydrogens (tertiary/aromatic N) is 1. The zero-order valence-electron chi connectivity index (χ0n) is 14.9. The van der Waals surface area contributed by atoms with Crippen molar-refractivity contribution in [2.45, 2.75) is 55.8 Å². The number of anilines is 1. The summed E-state index contributed by atoms with van der Waals surface area (Å²) in [6.07, 6.45) is -0.614. The third-order valence-electron chi connectivity index (χ3n) is 3.77. The van der Waals surface area contributed by atoms with E-state index in [1.54, 1.807) is 6.92 Å². The number of epoxide rings is 1. The predicted octanol–water partition coefficient (Wildman–Crippen LogP) is 2.60. The Bertz CT molecular complexity index is 672. The molecule has 3 rings (SSSR count). The number of para-hydroxylation sites is 1. The molecule has 2 aliphatic heterocycles. The number of hydrogen-bond donors (Lipinski definition) is 0. The maximum Gasteiger partial charge on any atom is 0.326 e. The van der Waals surface area contributed by atoms with Crippen LogP contribution in [-0.2, 0) is 23.8 Å². The van der Waals surface area contributed by atoms with E-state index in [1.165, 1.54) is 11.8 Å². The van der Waals surface area contributed by atoms with E-state index in [0.717, 1.165) is 10.6 Å². The second-order valence-electron chi connectivity index (χ2n) is 6.96. The van der Waals surface area contributed by atoms with Crippen LogP contribution in [0.2, 0.25) is 0 Å². The fourth-order valence-corrected chi connectivity index (χ4v) is 4.05. The molecule has 0 spiro atoms. The summed E-state index contributed by atoms with van der Waals surface area (Å²) in [5.41, 5.74) is 0.326. The van der Waals surface area contributed by atoms with Gasteiger partial charge in [-0.05, 0) is 39.8 Å². The third-order valence-corrected chi connectivity index (χ3v) is 5.09. The van der Waals surface area contributed by atoms with Gasteiger partial charge in [-0.1, -0.05) is 12.1 Å². The summed E-state index contributed by atoms with van der Waals surface area (Å²) < 4.78 is 16.4. The maximum absolute atomic E-state index is 12.3. The Morgan fingerprint density at radius 1 is 1.28 bits per heavy atom. The molecule has 0 aliphatic carbocycles. The molecule has 0 aromatic heterocycles. The van der Waals surface area contributed by atoms with Crippen molar-refractivity contribution in [2.24, 2.45) is 0 Å². The zero-order chi connectivity index (χ0) is 18.2. The molecule has 3 unspecified atom stereocenters. The maximum atomic E-state index is 12.3. The highest BCUT2D eigenvalue weighted by Crippen LogP contribution is 2.47. The summed E-state index contributed by atoms with van der Waals surface area (Å²) in [5.74, 6) is -0.606. The molecular formula is C18H23NO5S. The van der Waals surface area contributed by atoms with Gasteiger partial charge in [0.05, 0.1) is 12.3 Å². The Labute approximate surface area is 151 Å². The van der Waals surface area contributed by atoms with Crippen LogP contribution >= 0.6 is 11.8 Å². The molecule has 0 saturated carbocycles. The molecule has 25 heavy (non-hydrogen) atoms. The van der Waals surface area contributed by atoms with Crippen molar-refractivity contribution in [3.8, 4) is 0 Å². The quantitative estimate of drug-likeness (QED) is 0.600. The SMILES string of the molecule is CCOC(=O)C1Sc2ccccc2N(CC(=O)OC(C)(C)C)C2OC12. The molecule has 6 nitrogen and oxygen atoms in total. The van der Waals surface area contributed by atoms with Gasteiger partial charge in [-0.2, -0.15) is 0 Å². The Balaban J connectivity index is 1.84. The molecule has 1 fully saturated rings. The average molecular weight is 365 g/mol. The first kappa shape index (κ1) is 18.1. The van der Waals surface area contributed by atoms with Gasteiger partial charge in [0.2, 0.25) is 0 Å². The van der Waals surface area contributed by atoms with Gasteiger partial charge in [-0.25, -0.2) is 0 Å². The van der Waals surface area contributed by atoms with Crippen molar-refractivity contribution in [3.63, 3.8) is 0 Å². The number of benzene rings is 1. The van der Waals surface area contributed by atoms with Crippen LogP contribution in [0.15, 0.2) is 29.2 Å². The molecule has 2 heterocycles. The van der Waals surface area contributed by atoms with Gasteiger partial charge in [0.1, 0.15) is 23.5 Å². The molecule has 1 aromatic carbocycles. The molecule has 0 N–H and O–H groups in total. The van der Waals surface area contributed by atoms with Crippen LogP contribution < -0.4 is 4.90 Å². The van der Waals surface area contributed by atoms with Crippen LogP contribution in [0.5, 0.6) is 0 Å². The van der Waals surface area contributed by atoms with Crippen molar-refractivity contribution in [3.05, 3.63) is 24.3 Å². The molecule has 7 heteroatoms. The Morgan fingerprint density at radius 2 is 2.00 bits per heavy atom. The number of hydrogen-bond acceptors (Lipinski definition) is 7. The van der Waals surface area contributed by atoms with Crippen LogP contribution in [0.3, 0.4) is 0 Å². The normalized spacial score (nSPS) is 24.6. The average Bonchev–Trinajstić information content (AvgIpc) is 3.29. The van der Waals surface area contributed by atoms with Crippen LogP contribution in [-0.4, -0.2) is 48.3 Å². The lowest BCUT2D eigenvalue weighted by molar-refractivity contribution is -0.153. The van der Waals surface area contributed by atoms with Crippen molar-refractivity contribution >= 4 is 29.4 Å². The van der Waals surface area contributed by atoms with Crippen molar-refractivity contribution in [1.82, 2.24) is 0 Å². The van der Waals surface area contributed by atoms with E-state index < -0.39 is 10.9 Å². The minimum atomic E-state index is -0.547. The smallest absolute Gasteiger partial charge is 0.326 e. The van der Waals surface area contributed by atoms with E-state index in [2.05, 4.69) is 0 Å². The van der Waals surface area contributed by atoms with Crippen LogP contribution in [0.25, 0.3) is 0 Å². The first-order valence-electron chi connectivity index (χ1n) is 8.36. The monoisotopic (exact) mass is 365 g/mol. The first-order chi connectivity index (χ1) is 11.8. The van der Waals surface area contributed by atoms with Gasteiger partial charge in [0, 0.05) is 4.90 Å². The summed E-state index contributed by atoms with van der Waals surface area (Å²) in [7, 11) is 0. The number of thioether (sulfide) groups is 1. The largest absolute Gasteiger partial charge is 0.465 e. The number of rotatable bonds is 4. The Kier molecular flexibility index (Phi) is 4.97. The summed E-state index contributed by atoms with van der Waals surface area (Å²) in [5, 5.41) is -0.435. The van der Waals surface area contributed by atoms with Crippen molar-refractivity contribution in [2.75, 3.05) is 18.1 Å². The number of fused-ring (bicyclic) bond motifs is 2. The molecule has 0 bridgehead atoms. The molecular weight excluding hydrogens is 342 g/mol. The fourth-order valence-electron chi connectivity index (χ4n) is 2.82. The lowest BCUT2D eigenvalue weighted by atomic mass is 10.2. The minimum Gasteiger partial charge on any atom is -0.465 e. The van der Waals surface area contributed by atoms with Gasteiger partial charge in [-0.3, -0.25) is 9.59 Å². The summed E-state index contributed by atoms with van der Waals surface area (Å²) in [4.78, 5) is 27.4. The standard InChI is InChI=1S/C18H23NO5S/c1-5-22-17(21)15-14-16(23-14)19(10-13(20)24-18(2,3)4)11-8-6-7-9-12(11)25-15/h6-9,14-16H,5,10H2,1-4H3. The number of esters is 2. The fraction of sp³-hybridized carbons (Fsp3) is 0.556. The van der Waals surface area contributed by atoms with Gasteiger partial charge in [0.15, 0.2) is 6.23 Å². The molecule has 136 valence electrons. The predicted molar refractivity (Wildman–Crippen MR) is 94.6 cm³/mol. The van der Waals surface area contributed by atoms with Crippen LogP contribution in [0.4, 0.5) is 5.69 Å². The van der Waals surface area contributed by atoms with E-state index >= 15 is 0 Å². The van der Waals surface area contributed by atoms with Crippen molar-refractivity contribution in [1.29, 1.82) is 0 Å². The zero-order valence-corrected chi connectivity index (χ0v) is 15.7. The summed E-state index contributed by atoms with van der Waals surface area (Å²) in [6, 6.07) is 7.69. The summed E-state index contributed by atoms with van der Waals surface area (Å²) >= 11 is 1.43. The van der Waals surface area contributed by atoms with E-state index in [-0.39, 0.29) is 30.8 Å². The number of ether oxygens (including phenoxy) is 3. The summed E-state index contributed by atoms with van der Waals surface area (Å²) in [6.45, 7) is 7.70. The van der Waals surface area contributed by atoms with Gasteiger partial charge in [0.25, 0.3) is 0 Å². The lowest BCUT2D eigenvalue weighted by Gasteiger charge is -2.26. The van der Waals surface area contributed by atoms with E-state index in [4.69, 9.17) is 14.2 Å². The van der Waals surface area contributed by atoms with Gasteiger partial charge >= 0.3 is 11.9 Å². The second-order valence-corrected chi connectivity index (χ2v) is 8.15. The second kappa shape index (κ2) is 6.88. The third kappa shape index (κ3) is 4.10.